The Bertz CT molecular complexity index is 882. The van der Waals surface area contributed by atoms with Gasteiger partial charge in [-0.25, -0.2) is 0 Å². The average molecular weight is 436 g/mol. The molecule has 2 N–H and O–H groups in total. The van der Waals surface area contributed by atoms with Crippen molar-refractivity contribution in [3.8, 4) is 0 Å². The van der Waals surface area contributed by atoms with Crippen molar-refractivity contribution in [1.82, 2.24) is 15.5 Å². The molecular weight excluding hydrogens is 422 g/mol. The number of carbonyl (C=O) groups excluding carboxylic acids is 4. The average Bonchev–Trinajstić information content (AvgIpc) is 3.23. The van der Waals surface area contributed by atoms with E-state index in [1.807, 2.05) is 0 Å². The lowest BCUT2D eigenvalue weighted by molar-refractivity contribution is -0.121. The Morgan fingerprint density at radius 3 is 2.50 bits per heavy atom. The van der Waals surface area contributed by atoms with E-state index in [1.165, 1.54) is 11.3 Å². The van der Waals surface area contributed by atoms with E-state index in [9.17, 15) is 19.2 Å². The van der Waals surface area contributed by atoms with Gasteiger partial charge in [-0.1, -0.05) is 22.0 Å². The molecule has 1 aromatic carbocycles. The molecule has 1 aliphatic rings. The Kier molecular flexibility index (Phi) is 5.48. The summed E-state index contributed by atoms with van der Waals surface area (Å²) in [4.78, 5) is 49.8. The number of nitrogens with one attached hydrogen (secondary N) is 2. The second-order valence-corrected chi connectivity index (χ2v) is 7.33. The van der Waals surface area contributed by atoms with E-state index in [4.69, 9.17) is 0 Å². The fraction of sp³-hybridized carbons (Fsp3) is 0.176. The summed E-state index contributed by atoms with van der Waals surface area (Å²) in [5.41, 5.74) is 0.564. The minimum absolute atomic E-state index is 0.199. The minimum Gasteiger partial charge on any atom is -0.353 e. The number of imide groups is 1. The first-order valence-electron chi connectivity index (χ1n) is 7.71. The summed E-state index contributed by atoms with van der Waals surface area (Å²) in [6.45, 7) is 0.0883. The van der Waals surface area contributed by atoms with Crippen LogP contribution in [0.4, 0.5) is 0 Å². The van der Waals surface area contributed by atoms with Crippen LogP contribution in [0.3, 0.4) is 0 Å². The molecule has 2 heterocycles. The maximum atomic E-state index is 12.3. The lowest BCUT2D eigenvalue weighted by Gasteiger charge is -2.13. The third-order valence-electron chi connectivity index (χ3n) is 3.71. The molecule has 0 saturated heterocycles. The number of hydrogen-bond acceptors (Lipinski definition) is 5. The summed E-state index contributed by atoms with van der Waals surface area (Å²) >= 11 is 4.58. The van der Waals surface area contributed by atoms with Crippen molar-refractivity contribution in [2.24, 2.45) is 0 Å². The first-order valence-corrected chi connectivity index (χ1v) is 9.39. The van der Waals surface area contributed by atoms with Gasteiger partial charge in [-0.15, -0.1) is 11.3 Å². The predicted octanol–water partition coefficient (Wildman–Crippen LogP) is 1.65. The fourth-order valence-electron chi connectivity index (χ4n) is 2.48. The van der Waals surface area contributed by atoms with Crippen molar-refractivity contribution in [1.29, 1.82) is 0 Å². The minimum atomic E-state index is -0.493. The Morgan fingerprint density at radius 1 is 1.04 bits per heavy atom. The summed E-state index contributed by atoms with van der Waals surface area (Å²) in [6.07, 6.45) is 0. The van der Waals surface area contributed by atoms with Crippen LogP contribution in [-0.2, 0) is 4.79 Å². The SMILES string of the molecule is O=C(CN1C(=O)c2ccc(Br)cc2C1=O)NCCNC(=O)c1cccs1. The smallest absolute Gasteiger partial charge is 0.262 e. The van der Waals surface area contributed by atoms with Crippen molar-refractivity contribution in [2.45, 2.75) is 0 Å². The quantitative estimate of drug-likeness (QED) is 0.532. The summed E-state index contributed by atoms with van der Waals surface area (Å²) < 4.78 is 0.685. The monoisotopic (exact) mass is 435 g/mol. The van der Waals surface area contributed by atoms with E-state index in [1.54, 1.807) is 35.7 Å². The standard InChI is InChI=1S/C17H14BrN3O4S/c18-10-3-4-11-12(8-10)17(25)21(16(11)24)9-14(22)19-5-6-20-15(23)13-2-1-7-26-13/h1-4,7-8H,5-6,9H2,(H,19,22)(H,20,23). The molecule has 0 atom stereocenters. The Morgan fingerprint density at radius 2 is 1.77 bits per heavy atom. The molecule has 3 rings (SSSR count). The van der Waals surface area contributed by atoms with Crippen LogP contribution in [0.2, 0.25) is 0 Å². The molecule has 0 radical (unpaired) electrons. The summed E-state index contributed by atoms with van der Waals surface area (Å²) in [6, 6.07) is 8.27. The zero-order chi connectivity index (χ0) is 18.7. The normalized spacial score (nSPS) is 12.9. The first-order chi connectivity index (χ1) is 12.5. The van der Waals surface area contributed by atoms with Gasteiger partial charge in [-0.05, 0) is 29.6 Å². The van der Waals surface area contributed by atoms with Crippen LogP contribution in [0.5, 0.6) is 0 Å². The highest BCUT2D eigenvalue weighted by atomic mass is 79.9. The van der Waals surface area contributed by atoms with Crippen molar-refractivity contribution in [3.05, 3.63) is 56.2 Å². The maximum Gasteiger partial charge on any atom is 0.262 e. The van der Waals surface area contributed by atoms with Crippen LogP contribution in [0.1, 0.15) is 30.4 Å². The number of fused-ring (bicyclic) bond motifs is 1. The van der Waals surface area contributed by atoms with E-state index in [-0.39, 0.29) is 36.7 Å². The number of amides is 4. The van der Waals surface area contributed by atoms with Crippen LogP contribution >= 0.6 is 27.3 Å². The Labute approximate surface area is 161 Å². The molecule has 9 heteroatoms. The molecule has 4 amide bonds. The molecule has 134 valence electrons. The number of hydrogen-bond donors (Lipinski definition) is 2. The van der Waals surface area contributed by atoms with Crippen molar-refractivity contribution < 1.29 is 19.2 Å². The van der Waals surface area contributed by atoms with Gasteiger partial charge < -0.3 is 10.6 Å². The molecule has 0 unspecified atom stereocenters. The van der Waals surface area contributed by atoms with Gasteiger partial charge in [0.05, 0.1) is 16.0 Å². The van der Waals surface area contributed by atoms with Crippen LogP contribution in [0.15, 0.2) is 40.2 Å². The van der Waals surface area contributed by atoms with E-state index < -0.39 is 17.7 Å². The van der Waals surface area contributed by atoms with Crippen LogP contribution in [0.25, 0.3) is 0 Å². The molecule has 0 bridgehead atoms. The highest BCUT2D eigenvalue weighted by Gasteiger charge is 2.36. The van der Waals surface area contributed by atoms with Gasteiger partial charge in [-0.3, -0.25) is 24.1 Å². The summed E-state index contributed by atoms with van der Waals surface area (Å²) in [5, 5.41) is 7.06. The molecule has 0 aliphatic carbocycles. The topological polar surface area (TPSA) is 95.6 Å². The predicted molar refractivity (Wildman–Crippen MR) is 99.2 cm³/mol. The van der Waals surface area contributed by atoms with Crippen molar-refractivity contribution in [3.63, 3.8) is 0 Å². The number of benzene rings is 1. The Balaban J connectivity index is 1.47. The third-order valence-corrected chi connectivity index (χ3v) is 5.07. The van der Waals surface area contributed by atoms with Gasteiger partial charge in [0.1, 0.15) is 6.54 Å². The number of carbonyl (C=O) groups is 4. The molecule has 1 aliphatic heterocycles. The van der Waals surface area contributed by atoms with E-state index in [0.29, 0.717) is 9.35 Å². The molecule has 2 aromatic rings. The summed E-state index contributed by atoms with van der Waals surface area (Å²) in [7, 11) is 0. The maximum absolute atomic E-state index is 12.3. The number of thiophene rings is 1. The van der Waals surface area contributed by atoms with Gasteiger partial charge in [0.25, 0.3) is 17.7 Å². The molecule has 0 fully saturated rings. The largest absolute Gasteiger partial charge is 0.353 e. The van der Waals surface area contributed by atoms with Gasteiger partial charge in [0, 0.05) is 17.6 Å². The van der Waals surface area contributed by atoms with Gasteiger partial charge in [0.2, 0.25) is 5.91 Å². The van der Waals surface area contributed by atoms with Gasteiger partial charge in [0.15, 0.2) is 0 Å². The molecule has 26 heavy (non-hydrogen) atoms. The molecule has 0 spiro atoms. The highest BCUT2D eigenvalue weighted by molar-refractivity contribution is 9.10. The van der Waals surface area contributed by atoms with E-state index in [2.05, 4.69) is 26.6 Å². The molecule has 0 saturated carbocycles. The van der Waals surface area contributed by atoms with Crippen LogP contribution < -0.4 is 10.6 Å². The molecule has 7 nitrogen and oxygen atoms in total. The molecular formula is C17H14BrN3O4S. The van der Waals surface area contributed by atoms with E-state index in [0.717, 1.165) is 4.90 Å². The van der Waals surface area contributed by atoms with Crippen molar-refractivity contribution >= 4 is 50.9 Å². The van der Waals surface area contributed by atoms with Gasteiger partial charge in [-0.2, -0.15) is 0 Å². The van der Waals surface area contributed by atoms with E-state index >= 15 is 0 Å². The molecule has 1 aromatic heterocycles. The first kappa shape index (κ1) is 18.3. The van der Waals surface area contributed by atoms with Gasteiger partial charge >= 0.3 is 0 Å². The zero-order valence-electron chi connectivity index (χ0n) is 13.5. The number of nitrogens with zero attached hydrogens (tertiary/aromatic N) is 1. The summed E-state index contributed by atoms with van der Waals surface area (Å²) in [5.74, 6) is -1.66. The second kappa shape index (κ2) is 7.79. The number of rotatable bonds is 6. The zero-order valence-corrected chi connectivity index (χ0v) is 15.9. The Hall–Kier alpha value is -2.52. The third kappa shape index (κ3) is 3.83. The van der Waals surface area contributed by atoms with Crippen LogP contribution in [-0.4, -0.2) is 48.2 Å². The second-order valence-electron chi connectivity index (χ2n) is 5.47. The highest BCUT2D eigenvalue weighted by Crippen LogP contribution is 2.25. The lowest BCUT2D eigenvalue weighted by Crippen LogP contribution is -2.42. The number of halogens is 1. The lowest BCUT2D eigenvalue weighted by atomic mass is 10.1. The van der Waals surface area contributed by atoms with Crippen molar-refractivity contribution in [2.75, 3.05) is 19.6 Å². The van der Waals surface area contributed by atoms with Crippen LogP contribution in [0, 0.1) is 0 Å². The fourth-order valence-corrected chi connectivity index (χ4v) is 3.48.